The van der Waals surface area contributed by atoms with Gasteiger partial charge < -0.3 is 9.32 Å². The Kier molecular flexibility index (Phi) is 6.42. The van der Waals surface area contributed by atoms with Gasteiger partial charge in [0.1, 0.15) is 5.76 Å². The minimum absolute atomic E-state index is 0.195. The number of aryl methyl sites for hydroxylation is 1. The van der Waals surface area contributed by atoms with Crippen LogP contribution in [-0.4, -0.2) is 43.4 Å². The van der Waals surface area contributed by atoms with Gasteiger partial charge in [-0.3, -0.25) is 9.36 Å². The highest BCUT2D eigenvalue weighted by molar-refractivity contribution is 8.00. The molecular formula is C20H28N4O2S. The fraction of sp³-hybridized carbons (Fsp3) is 0.550. The van der Waals surface area contributed by atoms with Crippen LogP contribution < -0.4 is 0 Å². The zero-order valence-corrected chi connectivity index (χ0v) is 17.2. The number of carbonyl (C=O) groups is 1. The average Bonchev–Trinajstić information content (AvgIpc) is 3.27. The van der Waals surface area contributed by atoms with Gasteiger partial charge in [0.2, 0.25) is 5.91 Å². The van der Waals surface area contributed by atoms with Crippen molar-refractivity contribution in [2.45, 2.75) is 69.4 Å². The van der Waals surface area contributed by atoms with Crippen LogP contribution in [-0.2, 0) is 11.3 Å². The van der Waals surface area contributed by atoms with Gasteiger partial charge in [0, 0.05) is 19.1 Å². The monoisotopic (exact) mass is 388 g/mol. The molecule has 1 saturated heterocycles. The molecule has 3 heterocycles. The van der Waals surface area contributed by atoms with Crippen LogP contribution in [0.1, 0.15) is 45.3 Å². The van der Waals surface area contributed by atoms with E-state index < -0.39 is 0 Å². The highest BCUT2D eigenvalue weighted by Crippen LogP contribution is 2.31. The lowest BCUT2D eigenvalue weighted by atomic mass is 10.00. The van der Waals surface area contributed by atoms with Crippen LogP contribution >= 0.6 is 11.8 Å². The van der Waals surface area contributed by atoms with Gasteiger partial charge >= 0.3 is 0 Å². The standard InChI is InChI=1S/C20H28N4O2S/c1-5-11-24-18(17-10-13-26-14(17)3)21-22-20(24)27-15(4)19(25)23-12-8-7-9-16(23)6-2/h5,10,13,15-16H,1,6-9,11-12H2,2-4H3. The first-order valence-corrected chi connectivity index (χ1v) is 10.5. The normalized spacial score (nSPS) is 18.5. The SMILES string of the molecule is C=CCn1c(SC(C)C(=O)N2CCCCC2CC)nnc1-c1ccoc1C. The molecule has 27 heavy (non-hydrogen) atoms. The van der Waals surface area contributed by atoms with Gasteiger partial charge in [0.05, 0.1) is 17.1 Å². The summed E-state index contributed by atoms with van der Waals surface area (Å²) in [6, 6.07) is 2.26. The number of hydrogen-bond acceptors (Lipinski definition) is 5. The van der Waals surface area contributed by atoms with Gasteiger partial charge in [-0.25, -0.2) is 0 Å². The van der Waals surface area contributed by atoms with E-state index in [4.69, 9.17) is 4.42 Å². The third-order valence-corrected chi connectivity index (χ3v) is 6.21. The first-order valence-electron chi connectivity index (χ1n) is 9.62. The summed E-state index contributed by atoms with van der Waals surface area (Å²) in [5.41, 5.74) is 0.914. The third kappa shape index (κ3) is 4.13. The van der Waals surface area contributed by atoms with Crippen LogP contribution in [0.3, 0.4) is 0 Å². The maximum absolute atomic E-state index is 13.0. The van der Waals surface area contributed by atoms with Crippen LogP contribution in [0.4, 0.5) is 0 Å². The van der Waals surface area contributed by atoms with Crippen LogP contribution in [0.5, 0.6) is 0 Å². The van der Waals surface area contributed by atoms with Crippen molar-refractivity contribution in [3.63, 3.8) is 0 Å². The molecule has 1 aliphatic rings. The van der Waals surface area contributed by atoms with Crippen LogP contribution in [0.25, 0.3) is 11.4 Å². The smallest absolute Gasteiger partial charge is 0.236 e. The number of thioether (sulfide) groups is 1. The molecule has 146 valence electrons. The Morgan fingerprint density at radius 2 is 2.30 bits per heavy atom. The topological polar surface area (TPSA) is 64.2 Å². The van der Waals surface area contributed by atoms with Gasteiger partial charge in [-0.15, -0.1) is 16.8 Å². The number of aromatic nitrogens is 3. The minimum atomic E-state index is -0.205. The molecule has 0 aliphatic carbocycles. The second-order valence-corrected chi connectivity index (χ2v) is 8.25. The first-order chi connectivity index (χ1) is 13.1. The molecule has 6 nitrogen and oxygen atoms in total. The Hall–Kier alpha value is -2.02. The largest absolute Gasteiger partial charge is 0.469 e. The fourth-order valence-corrected chi connectivity index (χ4v) is 4.57. The summed E-state index contributed by atoms with van der Waals surface area (Å²) in [5, 5.41) is 9.24. The Bertz CT molecular complexity index is 798. The highest BCUT2D eigenvalue weighted by atomic mass is 32.2. The Labute approximate surface area is 165 Å². The molecule has 0 N–H and O–H groups in total. The molecular weight excluding hydrogens is 360 g/mol. The third-order valence-electron chi connectivity index (χ3n) is 5.14. The van der Waals surface area contributed by atoms with E-state index in [2.05, 4.69) is 28.6 Å². The molecule has 0 aromatic carbocycles. The zero-order valence-electron chi connectivity index (χ0n) is 16.4. The molecule has 7 heteroatoms. The van der Waals surface area contributed by atoms with Crippen molar-refractivity contribution in [1.82, 2.24) is 19.7 Å². The van der Waals surface area contributed by atoms with E-state index in [0.29, 0.717) is 12.6 Å². The lowest BCUT2D eigenvalue weighted by Crippen LogP contribution is -2.46. The number of likely N-dealkylation sites (tertiary alicyclic amines) is 1. The predicted octanol–water partition coefficient (Wildman–Crippen LogP) is 4.30. The first kappa shape index (κ1) is 19.7. The van der Waals surface area contributed by atoms with E-state index in [1.54, 1.807) is 6.26 Å². The number of carbonyl (C=O) groups excluding carboxylic acids is 1. The quantitative estimate of drug-likeness (QED) is 0.522. The van der Waals surface area contributed by atoms with Gasteiger partial charge in [0.15, 0.2) is 11.0 Å². The number of amides is 1. The van der Waals surface area contributed by atoms with E-state index in [-0.39, 0.29) is 11.2 Å². The molecule has 0 radical (unpaired) electrons. The van der Waals surface area contributed by atoms with Crippen molar-refractivity contribution in [2.75, 3.05) is 6.54 Å². The van der Waals surface area contributed by atoms with Crippen LogP contribution in [0, 0.1) is 6.92 Å². The number of furan rings is 1. The molecule has 0 spiro atoms. The van der Waals surface area contributed by atoms with E-state index in [9.17, 15) is 4.79 Å². The molecule has 0 saturated carbocycles. The second-order valence-electron chi connectivity index (χ2n) is 6.95. The number of hydrogen-bond donors (Lipinski definition) is 0. The van der Waals surface area contributed by atoms with Crippen molar-refractivity contribution >= 4 is 17.7 Å². The molecule has 3 rings (SSSR count). The van der Waals surface area contributed by atoms with Gasteiger partial charge in [-0.1, -0.05) is 24.8 Å². The second kappa shape index (κ2) is 8.78. The van der Waals surface area contributed by atoms with Crippen molar-refractivity contribution in [3.05, 3.63) is 30.7 Å². The average molecular weight is 389 g/mol. The Balaban J connectivity index is 1.80. The molecule has 1 amide bonds. The maximum Gasteiger partial charge on any atom is 0.236 e. The highest BCUT2D eigenvalue weighted by Gasteiger charge is 2.30. The number of nitrogens with zero attached hydrogens (tertiary/aromatic N) is 4. The van der Waals surface area contributed by atoms with Crippen molar-refractivity contribution in [3.8, 4) is 11.4 Å². The molecule has 2 aromatic rings. The fourth-order valence-electron chi connectivity index (χ4n) is 3.64. The van der Waals surface area contributed by atoms with Crippen molar-refractivity contribution in [2.24, 2.45) is 0 Å². The van der Waals surface area contributed by atoms with E-state index in [1.165, 1.54) is 18.2 Å². The van der Waals surface area contributed by atoms with Gasteiger partial charge in [0.25, 0.3) is 0 Å². The number of allylic oxidation sites excluding steroid dienone is 1. The van der Waals surface area contributed by atoms with Gasteiger partial charge in [-0.2, -0.15) is 0 Å². The molecule has 1 aliphatic heterocycles. The summed E-state index contributed by atoms with van der Waals surface area (Å²) in [7, 11) is 0. The van der Waals surface area contributed by atoms with E-state index >= 15 is 0 Å². The summed E-state index contributed by atoms with van der Waals surface area (Å²) in [5.74, 6) is 1.74. The number of piperidine rings is 1. The van der Waals surface area contributed by atoms with Crippen LogP contribution in [0.15, 0.2) is 34.6 Å². The summed E-state index contributed by atoms with van der Waals surface area (Å²) in [6.45, 7) is 11.3. The maximum atomic E-state index is 13.0. The molecule has 2 atom stereocenters. The van der Waals surface area contributed by atoms with Gasteiger partial charge in [-0.05, 0) is 45.6 Å². The molecule has 1 fully saturated rings. The minimum Gasteiger partial charge on any atom is -0.469 e. The number of rotatable bonds is 7. The molecule has 2 aromatic heterocycles. The Morgan fingerprint density at radius 3 is 2.96 bits per heavy atom. The van der Waals surface area contributed by atoms with E-state index in [0.717, 1.165) is 48.1 Å². The van der Waals surface area contributed by atoms with E-state index in [1.807, 2.05) is 30.6 Å². The zero-order chi connectivity index (χ0) is 19.4. The Morgan fingerprint density at radius 1 is 1.48 bits per heavy atom. The molecule has 2 unspecified atom stereocenters. The lowest BCUT2D eigenvalue weighted by Gasteiger charge is -2.36. The summed E-state index contributed by atoms with van der Waals surface area (Å²) in [6.07, 6.45) is 7.89. The summed E-state index contributed by atoms with van der Waals surface area (Å²) < 4.78 is 7.40. The van der Waals surface area contributed by atoms with Crippen molar-refractivity contribution < 1.29 is 9.21 Å². The lowest BCUT2D eigenvalue weighted by molar-refractivity contribution is -0.134. The summed E-state index contributed by atoms with van der Waals surface area (Å²) >= 11 is 1.47. The predicted molar refractivity (Wildman–Crippen MR) is 108 cm³/mol. The summed E-state index contributed by atoms with van der Waals surface area (Å²) in [4.78, 5) is 15.1. The van der Waals surface area contributed by atoms with Crippen molar-refractivity contribution in [1.29, 1.82) is 0 Å². The van der Waals surface area contributed by atoms with Crippen LogP contribution in [0.2, 0.25) is 0 Å². The molecule has 0 bridgehead atoms.